The van der Waals surface area contributed by atoms with Gasteiger partial charge in [-0.25, -0.2) is 17.5 Å². The fourth-order valence-electron chi connectivity index (χ4n) is 5.51. The van der Waals surface area contributed by atoms with Crippen LogP contribution in [-0.2, 0) is 32.6 Å². The number of hydrogen-bond donors (Lipinski definition) is 2. The minimum absolute atomic E-state index is 0.0171. The summed E-state index contributed by atoms with van der Waals surface area (Å²) in [5.41, 5.74) is 3.56. The maximum absolute atomic E-state index is 13.9. The molecule has 7 nitrogen and oxygen atoms in total. The lowest BCUT2D eigenvalue weighted by atomic mass is 9.97. The number of carbonyl (C=O) groups is 2. The second-order valence-electron chi connectivity index (χ2n) is 11.7. The Morgan fingerprint density at radius 2 is 1.59 bits per heavy atom. The molecule has 0 radical (unpaired) electrons. The number of rotatable bonds is 14. The number of hydrogen-bond acceptors (Lipinski definition) is 4. The van der Waals surface area contributed by atoms with E-state index in [0.717, 1.165) is 37.7 Å². The second kappa shape index (κ2) is 14.8. The van der Waals surface area contributed by atoms with E-state index in [4.69, 9.17) is 0 Å². The summed E-state index contributed by atoms with van der Waals surface area (Å²) in [6.07, 6.45) is 9.73. The van der Waals surface area contributed by atoms with Gasteiger partial charge in [0.15, 0.2) is 0 Å². The number of nitrogens with zero attached hydrogens (tertiary/aromatic N) is 1. The highest BCUT2D eigenvalue weighted by Gasteiger charge is 2.32. The summed E-state index contributed by atoms with van der Waals surface area (Å²) in [7, 11) is -3.56. The fourth-order valence-corrected chi connectivity index (χ4v) is 6.82. The first kappa shape index (κ1) is 31.6. The summed E-state index contributed by atoms with van der Waals surface area (Å²) in [4.78, 5) is 29.5. The number of sulfonamides is 1. The van der Waals surface area contributed by atoms with Gasteiger partial charge in [-0.05, 0) is 92.3 Å². The van der Waals surface area contributed by atoms with Crippen molar-refractivity contribution >= 4 is 21.8 Å². The monoisotopic (exact) mass is 617 g/mol. The van der Waals surface area contributed by atoms with Crippen LogP contribution in [0.5, 0.6) is 0 Å². The molecule has 1 fully saturated rings. The SMILES string of the molecule is O=C(NCCC1=CCCCC1)[C@@H](c1ccccc1)N(Cc1ccc(F)cc1)C(=O)CCc1ccc(S(=O)(=O)NC2CC2)cc1. The lowest BCUT2D eigenvalue weighted by Gasteiger charge is -2.32. The van der Waals surface area contributed by atoms with E-state index >= 15 is 0 Å². The fraction of sp³-hybridized carbons (Fsp3) is 0.371. The van der Waals surface area contributed by atoms with Gasteiger partial charge in [0.05, 0.1) is 4.90 Å². The van der Waals surface area contributed by atoms with Crippen molar-refractivity contribution in [1.82, 2.24) is 14.9 Å². The first-order chi connectivity index (χ1) is 21.3. The molecular formula is C35H40FN3O4S. The Morgan fingerprint density at radius 1 is 0.886 bits per heavy atom. The molecule has 2 aliphatic carbocycles. The molecule has 0 saturated heterocycles. The molecule has 0 unspecified atom stereocenters. The number of halogens is 1. The van der Waals surface area contributed by atoms with E-state index < -0.39 is 16.1 Å². The van der Waals surface area contributed by atoms with Crippen molar-refractivity contribution in [3.8, 4) is 0 Å². The molecule has 0 bridgehead atoms. The van der Waals surface area contributed by atoms with Crippen LogP contribution in [0.25, 0.3) is 0 Å². The number of amides is 2. The summed E-state index contributed by atoms with van der Waals surface area (Å²) >= 11 is 0. The molecule has 2 amide bonds. The lowest BCUT2D eigenvalue weighted by Crippen LogP contribution is -2.43. The average Bonchev–Trinajstić information content (AvgIpc) is 3.85. The van der Waals surface area contributed by atoms with Gasteiger partial charge in [-0.2, -0.15) is 0 Å². The zero-order chi connectivity index (χ0) is 30.9. The predicted octanol–water partition coefficient (Wildman–Crippen LogP) is 5.98. The minimum Gasteiger partial charge on any atom is -0.354 e. The maximum atomic E-state index is 13.9. The molecule has 1 saturated carbocycles. The number of benzene rings is 3. The third kappa shape index (κ3) is 8.86. The highest BCUT2D eigenvalue weighted by atomic mass is 32.2. The highest BCUT2D eigenvalue weighted by Crippen LogP contribution is 2.27. The van der Waals surface area contributed by atoms with Gasteiger partial charge in [0.2, 0.25) is 21.8 Å². The molecule has 5 rings (SSSR count). The molecule has 3 aromatic carbocycles. The van der Waals surface area contributed by atoms with Gasteiger partial charge in [-0.15, -0.1) is 0 Å². The number of aryl methyl sites for hydroxylation is 1. The van der Waals surface area contributed by atoms with Gasteiger partial charge >= 0.3 is 0 Å². The lowest BCUT2D eigenvalue weighted by molar-refractivity contribution is -0.141. The molecule has 0 heterocycles. The van der Waals surface area contributed by atoms with Crippen LogP contribution >= 0.6 is 0 Å². The van der Waals surface area contributed by atoms with Crippen LogP contribution in [-0.4, -0.2) is 37.7 Å². The molecule has 2 aliphatic rings. The zero-order valence-electron chi connectivity index (χ0n) is 24.9. The molecule has 232 valence electrons. The van der Waals surface area contributed by atoms with Gasteiger partial charge in [0, 0.05) is 25.6 Å². The molecule has 44 heavy (non-hydrogen) atoms. The summed E-state index contributed by atoms with van der Waals surface area (Å²) in [5, 5.41) is 3.07. The van der Waals surface area contributed by atoms with Crippen LogP contribution in [0.3, 0.4) is 0 Å². The molecule has 1 atom stereocenters. The van der Waals surface area contributed by atoms with E-state index in [1.807, 2.05) is 30.3 Å². The number of carbonyl (C=O) groups excluding carboxylic acids is 2. The third-order valence-electron chi connectivity index (χ3n) is 8.15. The van der Waals surface area contributed by atoms with Crippen molar-refractivity contribution in [2.24, 2.45) is 0 Å². The quantitative estimate of drug-likeness (QED) is 0.218. The highest BCUT2D eigenvalue weighted by molar-refractivity contribution is 7.89. The molecule has 3 aromatic rings. The van der Waals surface area contributed by atoms with Crippen LogP contribution in [0.15, 0.2) is 95.4 Å². The second-order valence-corrected chi connectivity index (χ2v) is 13.4. The first-order valence-electron chi connectivity index (χ1n) is 15.4. The van der Waals surface area contributed by atoms with Gasteiger partial charge in [-0.3, -0.25) is 9.59 Å². The largest absolute Gasteiger partial charge is 0.354 e. The zero-order valence-corrected chi connectivity index (χ0v) is 25.7. The van der Waals surface area contributed by atoms with Crippen LogP contribution in [0.1, 0.15) is 74.1 Å². The molecule has 0 spiro atoms. The van der Waals surface area contributed by atoms with E-state index in [2.05, 4.69) is 16.1 Å². The van der Waals surface area contributed by atoms with Crippen molar-refractivity contribution in [2.75, 3.05) is 6.54 Å². The Balaban J connectivity index is 1.33. The normalized spacial score (nSPS) is 15.7. The predicted molar refractivity (Wildman–Crippen MR) is 168 cm³/mol. The van der Waals surface area contributed by atoms with Crippen LogP contribution in [0.4, 0.5) is 4.39 Å². The van der Waals surface area contributed by atoms with Crippen molar-refractivity contribution < 1.29 is 22.4 Å². The van der Waals surface area contributed by atoms with Gasteiger partial charge in [0.1, 0.15) is 11.9 Å². The Labute approximate surface area is 259 Å². The van der Waals surface area contributed by atoms with Crippen molar-refractivity contribution in [1.29, 1.82) is 0 Å². The maximum Gasteiger partial charge on any atom is 0.247 e. The van der Waals surface area contributed by atoms with Crippen LogP contribution in [0, 0.1) is 5.82 Å². The van der Waals surface area contributed by atoms with E-state index in [-0.39, 0.29) is 41.5 Å². The summed E-state index contributed by atoms with van der Waals surface area (Å²) < 4.78 is 41.5. The van der Waals surface area contributed by atoms with Crippen molar-refractivity contribution in [2.45, 2.75) is 81.3 Å². The molecule has 9 heteroatoms. The Kier molecular flexibility index (Phi) is 10.6. The molecule has 2 N–H and O–H groups in total. The smallest absolute Gasteiger partial charge is 0.247 e. The van der Waals surface area contributed by atoms with E-state index in [1.54, 1.807) is 41.3 Å². The first-order valence-corrected chi connectivity index (χ1v) is 16.9. The number of nitrogens with one attached hydrogen (secondary N) is 2. The Morgan fingerprint density at radius 3 is 2.25 bits per heavy atom. The number of allylic oxidation sites excluding steroid dienone is 1. The summed E-state index contributed by atoms with van der Waals surface area (Å²) in [5.74, 6) is -0.875. The van der Waals surface area contributed by atoms with Crippen molar-refractivity contribution in [3.63, 3.8) is 0 Å². The average molecular weight is 618 g/mol. The van der Waals surface area contributed by atoms with E-state index in [9.17, 15) is 22.4 Å². The van der Waals surface area contributed by atoms with Gasteiger partial charge in [-0.1, -0.05) is 66.2 Å². The van der Waals surface area contributed by atoms with Gasteiger partial charge in [0.25, 0.3) is 0 Å². The summed E-state index contributed by atoms with van der Waals surface area (Å²) in [6, 6.07) is 20.9. The Hall–Kier alpha value is -3.82. The minimum atomic E-state index is -3.56. The summed E-state index contributed by atoms with van der Waals surface area (Å²) in [6.45, 7) is 0.610. The third-order valence-corrected chi connectivity index (χ3v) is 9.69. The van der Waals surface area contributed by atoms with Crippen molar-refractivity contribution in [3.05, 3.63) is 113 Å². The standard InChI is InChI=1S/C35H40FN3O4S/c36-30-16-11-28(12-17-30)25-39(33(40)22-15-27-13-20-32(21-14-27)44(42,43)38-31-18-19-31)34(29-9-5-2-6-10-29)35(41)37-24-23-26-7-3-1-4-8-26/h2,5-7,9-14,16-17,20-21,31,34,38H,1,3-4,8,15,18-19,22-25H2,(H,37,41)/t34-/m1/s1. The molecular weight excluding hydrogens is 577 g/mol. The van der Waals surface area contributed by atoms with Crippen LogP contribution in [0.2, 0.25) is 0 Å². The van der Waals surface area contributed by atoms with E-state index in [0.29, 0.717) is 24.1 Å². The van der Waals surface area contributed by atoms with Crippen LogP contribution < -0.4 is 10.0 Å². The Bertz CT molecular complexity index is 1550. The topological polar surface area (TPSA) is 95.6 Å². The van der Waals surface area contributed by atoms with Gasteiger partial charge < -0.3 is 10.2 Å². The van der Waals surface area contributed by atoms with E-state index in [1.165, 1.54) is 30.5 Å². The molecule has 0 aliphatic heterocycles. The molecule has 0 aromatic heterocycles.